The van der Waals surface area contributed by atoms with Gasteiger partial charge in [0, 0.05) is 0 Å². The van der Waals surface area contributed by atoms with Crippen LogP contribution < -0.4 is 0 Å². The minimum absolute atomic E-state index is 0.479. The molecule has 0 rings (SSSR count). The maximum atomic E-state index is 9.01. The zero-order chi connectivity index (χ0) is 10.4. The van der Waals surface area contributed by atoms with Crippen LogP contribution in [0.25, 0.3) is 0 Å². The van der Waals surface area contributed by atoms with Crippen molar-refractivity contribution in [3.05, 3.63) is 0 Å². The summed E-state index contributed by atoms with van der Waals surface area (Å²) < 4.78 is 4.66. The summed E-state index contributed by atoms with van der Waals surface area (Å²) in [6.45, 7) is 0.241. The van der Waals surface area contributed by atoms with E-state index in [1.54, 1.807) is 0 Å². The Morgan fingerprint density at radius 3 is 1.92 bits per heavy atom. The molecule has 0 aliphatic carbocycles. The molecule has 0 spiro atoms. The first kappa shape index (κ1) is 12.8. The van der Waals surface area contributed by atoms with E-state index >= 15 is 0 Å². The van der Waals surface area contributed by atoms with E-state index in [4.69, 9.17) is 25.5 Å². The van der Waals surface area contributed by atoms with E-state index < -0.39 is 37.8 Å². The van der Waals surface area contributed by atoms with Crippen molar-refractivity contribution in [2.45, 2.75) is 31.5 Å². The number of aliphatic hydroxyl groups excluding tert-OH is 5. The third-order valence-corrected chi connectivity index (χ3v) is 1.55. The summed E-state index contributed by atoms with van der Waals surface area (Å²) in [4.78, 5) is 0. The second-order valence-corrected chi connectivity index (χ2v) is 2.74. The predicted octanol–water partition coefficient (Wildman–Crippen LogP) is -2.58. The topological polar surface area (TPSA) is 110 Å². The average Bonchev–Trinajstić information content (AvgIpc) is 2.11. The molecule has 0 amide bonds. The molecular formula is C7H16O6. The molecule has 0 aromatic rings. The van der Waals surface area contributed by atoms with Crippen LogP contribution in [0.2, 0.25) is 0 Å². The molecule has 0 radical (unpaired) electrons. The number of hydrogen-bond donors (Lipinski definition) is 5. The smallest absolute Gasteiger partial charge is 0.183 e. The molecule has 0 aromatic heterocycles. The van der Waals surface area contributed by atoms with Crippen LogP contribution in [0.3, 0.4) is 0 Å². The average molecular weight is 196 g/mol. The molecule has 4 atom stereocenters. The van der Waals surface area contributed by atoms with Crippen molar-refractivity contribution in [2.24, 2.45) is 0 Å². The second kappa shape index (κ2) is 6.25. The van der Waals surface area contributed by atoms with E-state index in [1.807, 2.05) is 0 Å². The summed E-state index contributed by atoms with van der Waals surface area (Å²) in [5.74, 6) is 0. The Morgan fingerprint density at radius 1 is 1.08 bits per heavy atom. The Hall–Kier alpha value is -0.240. The summed E-state index contributed by atoms with van der Waals surface area (Å²) >= 11 is 0. The fourth-order valence-electron chi connectivity index (χ4n) is 0.669. The third kappa shape index (κ3) is 4.51. The summed E-state index contributed by atoms with van der Waals surface area (Å²) in [6.07, 6.45) is -4.99. The van der Waals surface area contributed by atoms with Crippen molar-refractivity contribution in [1.82, 2.24) is 0 Å². The van der Waals surface area contributed by atoms with Gasteiger partial charge in [0.25, 0.3) is 0 Å². The van der Waals surface area contributed by atoms with Crippen LogP contribution in [0, 0.1) is 0 Å². The lowest BCUT2D eigenvalue weighted by molar-refractivity contribution is -0.217. The van der Waals surface area contributed by atoms with Gasteiger partial charge in [-0.3, -0.25) is 0 Å². The first-order valence-electron chi connectivity index (χ1n) is 3.94. The van der Waals surface area contributed by atoms with Crippen LogP contribution in [0.5, 0.6) is 0 Å². The number of hydrogen-bond acceptors (Lipinski definition) is 6. The van der Waals surface area contributed by atoms with Gasteiger partial charge in [0.2, 0.25) is 0 Å². The van der Waals surface area contributed by atoms with E-state index in [1.165, 1.54) is 6.92 Å². The highest BCUT2D eigenvalue weighted by Crippen LogP contribution is 2.04. The monoisotopic (exact) mass is 196 g/mol. The van der Waals surface area contributed by atoms with Crippen LogP contribution in [-0.2, 0) is 4.74 Å². The number of aliphatic hydroxyl groups is 5. The maximum absolute atomic E-state index is 9.01. The van der Waals surface area contributed by atoms with Crippen molar-refractivity contribution < 1.29 is 30.3 Å². The molecule has 0 fully saturated rings. The molecule has 0 aromatic carbocycles. The summed E-state index contributed by atoms with van der Waals surface area (Å²) in [6, 6.07) is 0. The minimum atomic E-state index is -1.61. The van der Waals surface area contributed by atoms with Gasteiger partial charge in [-0.2, -0.15) is 0 Å². The highest BCUT2D eigenvalue weighted by molar-refractivity contribution is 4.66. The van der Waals surface area contributed by atoms with Gasteiger partial charge in [-0.15, -0.1) is 0 Å². The van der Waals surface area contributed by atoms with Crippen molar-refractivity contribution in [3.8, 4) is 0 Å². The van der Waals surface area contributed by atoms with Crippen molar-refractivity contribution >= 4 is 0 Å². The molecule has 0 bridgehead atoms. The molecule has 0 saturated heterocycles. The highest BCUT2D eigenvalue weighted by atomic mass is 16.6. The van der Waals surface area contributed by atoms with Crippen LogP contribution in [0.4, 0.5) is 0 Å². The molecule has 13 heavy (non-hydrogen) atoms. The van der Waals surface area contributed by atoms with Gasteiger partial charge in [-0.05, 0) is 6.92 Å². The Kier molecular flexibility index (Phi) is 6.13. The van der Waals surface area contributed by atoms with E-state index in [9.17, 15) is 0 Å². The van der Waals surface area contributed by atoms with E-state index in [0.717, 1.165) is 0 Å². The Bertz CT molecular complexity index is 128. The molecule has 0 heterocycles. The van der Waals surface area contributed by atoms with Crippen molar-refractivity contribution in [1.29, 1.82) is 0 Å². The van der Waals surface area contributed by atoms with Gasteiger partial charge in [0.05, 0.1) is 19.3 Å². The van der Waals surface area contributed by atoms with E-state index in [2.05, 4.69) is 4.74 Å². The van der Waals surface area contributed by atoms with Gasteiger partial charge in [-0.1, -0.05) is 0 Å². The number of rotatable bonds is 6. The van der Waals surface area contributed by atoms with Crippen molar-refractivity contribution in [2.75, 3.05) is 13.2 Å². The lowest BCUT2D eigenvalue weighted by Gasteiger charge is -2.24. The van der Waals surface area contributed by atoms with E-state index in [-0.39, 0.29) is 0 Å². The van der Waals surface area contributed by atoms with Crippen LogP contribution >= 0.6 is 0 Å². The quantitative estimate of drug-likeness (QED) is 0.298. The SMILES string of the molecule is C[C@H](O)C(CO)O[C@H](O)[C@@H](O)CO. The fourth-order valence-corrected chi connectivity index (χ4v) is 0.669. The van der Waals surface area contributed by atoms with Gasteiger partial charge in [-0.25, -0.2) is 0 Å². The standard InChI is InChI=1S/C7H16O6/c1-4(10)6(3-9)13-7(12)5(11)2-8/h4-12H,2-3H2,1H3/t4-,5-,6?,7-/m0/s1. The first-order valence-corrected chi connectivity index (χ1v) is 3.94. The number of ether oxygens (including phenoxy) is 1. The zero-order valence-electron chi connectivity index (χ0n) is 7.37. The Labute approximate surface area is 76.0 Å². The van der Waals surface area contributed by atoms with Crippen LogP contribution in [0.15, 0.2) is 0 Å². The molecule has 5 N–H and O–H groups in total. The van der Waals surface area contributed by atoms with Gasteiger partial charge in [0.15, 0.2) is 6.29 Å². The fraction of sp³-hybridized carbons (Fsp3) is 1.00. The summed E-state index contributed by atoms with van der Waals surface area (Å²) in [5.41, 5.74) is 0. The van der Waals surface area contributed by atoms with Gasteiger partial charge < -0.3 is 30.3 Å². The largest absolute Gasteiger partial charge is 0.394 e. The maximum Gasteiger partial charge on any atom is 0.183 e. The normalized spacial score (nSPS) is 20.8. The minimum Gasteiger partial charge on any atom is -0.394 e. The lowest BCUT2D eigenvalue weighted by atomic mass is 10.2. The molecule has 0 aliphatic rings. The molecule has 0 aliphatic heterocycles. The molecule has 6 heteroatoms. The van der Waals surface area contributed by atoms with E-state index in [0.29, 0.717) is 0 Å². The lowest BCUT2D eigenvalue weighted by Crippen LogP contribution is -2.40. The van der Waals surface area contributed by atoms with Crippen LogP contribution in [-0.4, -0.2) is 63.3 Å². The highest BCUT2D eigenvalue weighted by Gasteiger charge is 2.23. The second-order valence-electron chi connectivity index (χ2n) is 2.74. The Balaban J connectivity index is 3.93. The summed E-state index contributed by atoms with van der Waals surface area (Å²) in [5, 5.41) is 43.9. The zero-order valence-corrected chi connectivity index (χ0v) is 7.37. The molecular weight excluding hydrogens is 180 g/mol. The molecule has 0 saturated carbocycles. The summed E-state index contributed by atoms with van der Waals surface area (Å²) in [7, 11) is 0. The van der Waals surface area contributed by atoms with Gasteiger partial charge >= 0.3 is 0 Å². The van der Waals surface area contributed by atoms with Crippen molar-refractivity contribution in [3.63, 3.8) is 0 Å². The van der Waals surface area contributed by atoms with Gasteiger partial charge in [0.1, 0.15) is 12.2 Å². The predicted molar refractivity (Wildman–Crippen MR) is 42.7 cm³/mol. The molecule has 80 valence electrons. The molecule has 1 unspecified atom stereocenters. The third-order valence-electron chi connectivity index (χ3n) is 1.55. The Morgan fingerprint density at radius 2 is 1.62 bits per heavy atom. The first-order chi connectivity index (χ1) is 6.02. The molecule has 6 nitrogen and oxygen atoms in total. The van der Waals surface area contributed by atoms with Crippen LogP contribution in [0.1, 0.15) is 6.92 Å².